The molecule has 0 N–H and O–H groups in total. The Morgan fingerprint density at radius 1 is 0.630 bits per heavy atom. The Kier molecular flexibility index (Phi) is 7.94. The zero-order valence-electron chi connectivity index (χ0n) is 15.5. The van der Waals surface area contributed by atoms with Gasteiger partial charge in [-0.15, -0.1) is 0 Å². The molecule has 0 atom stereocenters. The molecule has 0 saturated heterocycles. The molecule has 0 aliphatic carbocycles. The van der Waals surface area contributed by atoms with Gasteiger partial charge in [0.05, 0.1) is 0 Å². The molecule has 0 aromatic heterocycles. The number of methoxy groups -OCH3 is 1. The van der Waals surface area contributed by atoms with E-state index in [2.05, 4.69) is 78.9 Å². The molecular formula is C23H25O3Se+. The normalized spacial score (nSPS) is 10.9. The van der Waals surface area contributed by atoms with Crippen LogP contribution in [0.2, 0.25) is 0 Å². The van der Waals surface area contributed by atoms with Crippen molar-refractivity contribution in [3.63, 3.8) is 0 Å². The van der Waals surface area contributed by atoms with Crippen molar-refractivity contribution in [1.29, 1.82) is 0 Å². The van der Waals surface area contributed by atoms with Crippen LogP contribution in [-0.4, -0.2) is 47.4 Å². The van der Waals surface area contributed by atoms with Crippen LogP contribution >= 0.6 is 0 Å². The SMILES string of the molecule is COCCOCCOc1ccccc1[Se+](c1ccccc1)c1ccccc1. The van der Waals surface area contributed by atoms with Crippen molar-refractivity contribution in [2.75, 3.05) is 33.5 Å². The average Bonchev–Trinajstić information content (AvgIpc) is 2.73. The summed E-state index contributed by atoms with van der Waals surface area (Å²) in [5.74, 6) is 0.950. The molecule has 0 spiro atoms. The van der Waals surface area contributed by atoms with E-state index >= 15 is 0 Å². The Morgan fingerprint density at radius 3 is 1.81 bits per heavy atom. The van der Waals surface area contributed by atoms with Gasteiger partial charge in [0.1, 0.15) is 0 Å². The third kappa shape index (κ3) is 5.69. The Morgan fingerprint density at radius 2 is 1.19 bits per heavy atom. The summed E-state index contributed by atoms with van der Waals surface area (Å²) in [5, 5.41) is 0. The van der Waals surface area contributed by atoms with E-state index in [1.165, 1.54) is 13.4 Å². The van der Waals surface area contributed by atoms with Gasteiger partial charge >= 0.3 is 166 Å². The number of ether oxygens (including phenoxy) is 3. The monoisotopic (exact) mass is 429 g/mol. The van der Waals surface area contributed by atoms with Gasteiger partial charge in [-0.1, -0.05) is 0 Å². The van der Waals surface area contributed by atoms with Gasteiger partial charge in [0.25, 0.3) is 0 Å². The second kappa shape index (κ2) is 10.9. The van der Waals surface area contributed by atoms with Crippen molar-refractivity contribution >= 4 is 27.3 Å². The quantitative estimate of drug-likeness (QED) is 0.366. The maximum atomic E-state index is 6.11. The minimum atomic E-state index is -1.43. The molecule has 0 saturated carbocycles. The van der Waals surface area contributed by atoms with Crippen molar-refractivity contribution in [2.45, 2.75) is 0 Å². The summed E-state index contributed by atoms with van der Waals surface area (Å²) < 4.78 is 20.7. The van der Waals surface area contributed by atoms with Crippen LogP contribution in [0.5, 0.6) is 5.75 Å². The third-order valence-corrected chi connectivity index (χ3v) is 8.69. The molecule has 0 bridgehead atoms. The van der Waals surface area contributed by atoms with Crippen LogP contribution in [0.1, 0.15) is 0 Å². The summed E-state index contributed by atoms with van der Waals surface area (Å²) in [4.78, 5) is 0. The van der Waals surface area contributed by atoms with Gasteiger partial charge in [0.2, 0.25) is 0 Å². The van der Waals surface area contributed by atoms with Crippen molar-refractivity contribution < 1.29 is 14.2 Å². The van der Waals surface area contributed by atoms with Crippen LogP contribution in [0, 0.1) is 0 Å². The molecule has 0 heterocycles. The molecule has 140 valence electrons. The third-order valence-electron chi connectivity index (χ3n) is 3.94. The van der Waals surface area contributed by atoms with Crippen LogP contribution in [0.15, 0.2) is 84.9 Å². The van der Waals surface area contributed by atoms with Crippen molar-refractivity contribution in [2.24, 2.45) is 0 Å². The first kappa shape index (κ1) is 19.7. The van der Waals surface area contributed by atoms with Gasteiger partial charge < -0.3 is 0 Å². The van der Waals surface area contributed by atoms with E-state index in [0.717, 1.165) is 5.75 Å². The Balaban J connectivity index is 1.83. The van der Waals surface area contributed by atoms with Crippen LogP contribution < -0.4 is 18.1 Å². The fraction of sp³-hybridized carbons (Fsp3) is 0.217. The van der Waals surface area contributed by atoms with Crippen molar-refractivity contribution in [1.82, 2.24) is 0 Å². The molecule has 0 fully saturated rings. The number of benzene rings is 3. The first-order chi connectivity index (χ1) is 13.4. The number of hydrogen-bond acceptors (Lipinski definition) is 3. The first-order valence-electron chi connectivity index (χ1n) is 9.03. The number of rotatable bonds is 10. The van der Waals surface area contributed by atoms with Gasteiger partial charge in [-0.2, -0.15) is 0 Å². The molecule has 0 radical (unpaired) electrons. The molecule has 0 aliphatic rings. The zero-order valence-corrected chi connectivity index (χ0v) is 17.3. The summed E-state index contributed by atoms with van der Waals surface area (Å²) in [6.07, 6.45) is 0. The summed E-state index contributed by atoms with van der Waals surface area (Å²) in [5.41, 5.74) is 0. The average molecular weight is 428 g/mol. The van der Waals surface area contributed by atoms with Gasteiger partial charge in [-0.3, -0.25) is 0 Å². The Bertz CT molecular complexity index is 753. The van der Waals surface area contributed by atoms with E-state index in [4.69, 9.17) is 14.2 Å². The fourth-order valence-electron chi connectivity index (χ4n) is 2.70. The minimum absolute atomic E-state index is 0.531. The molecule has 3 nitrogen and oxygen atoms in total. The maximum absolute atomic E-state index is 6.11. The van der Waals surface area contributed by atoms with Crippen LogP contribution in [0.3, 0.4) is 0 Å². The standard InChI is InChI=1S/C23H25O3Se/c1-24-16-17-25-18-19-26-22-14-8-9-15-23(22)27(20-10-4-2-5-11-20)21-12-6-3-7-13-21/h2-15H,16-19H2,1H3/q+1. The fourth-order valence-corrected chi connectivity index (χ4v) is 7.27. The van der Waals surface area contributed by atoms with Crippen molar-refractivity contribution in [3.05, 3.63) is 84.9 Å². The summed E-state index contributed by atoms with van der Waals surface area (Å²) >= 11 is -1.43. The van der Waals surface area contributed by atoms with Gasteiger partial charge in [0.15, 0.2) is 0 Å². The van der Waals surface area contributed by atoms with Crippen LogP contribution in [0.4, 0.5) is 0 Å². The first-order valence-corrected chi connectivity index (χ1v) is 11.6. The van der Waals surface area contributed by atoms with Crippen LogP contribution in [0.25, 0.3) is 0 Å². The van der Waals surface area contributed by atoms with E-state index in [0.29, 0.717) is 26.4 Å². The Hall–Kier alpha value is -2.10. The molecule has 0 unspecified atom stereocenters. The van der Waals surface area contributed by atoms with E-state index in [-0.39, 0.29) is 0 Å². The van der Waals surface area contributed by atoms with Crippen LogP contribution in [-0.2, 0) is 9.47 Å². The summed E-state index contributed by atoms with van der Waals surface area (Å²) in [7, 11) is 1.67. The number of para-hydroxylation sites is 1. The van der Waals surface area contributed by atoms with Gasteiger partial charge in [0, 0.05) is 0 Å². The van der Waals surface area contributed by atoms with Crippen molar-refractivity contribution in [3.8, 4) is 5.75 Å². The van der Waals surface area contributed by atoms with E-state index < -0.39 is 13.9 Å². The summed E-state index contributed by atoms with van der Waals surface area (Å²) in [6, 6.07) is 29.9. The Labute approximate surface area is 165 Å². The molecule has 3 rings (SSSR count). The second-order valence-corrected chi connectivity index (χ2v) is 10.0. The number of hydrogen-bond donors (Lipinski definition) is 0. The van der Waals surface area contributed by atoms with Gasteiger partial charge in [-0.25, -0.2) is 0 Å². The second-order valence-electron chi connectivity index (χ2n) is 5.83. The van der Waals surface area contributed by atoms with E-state index in [1.807, 2.05) is 6.07 Å². The van der Waals surface area contributed by atoms with E-state index in [9.17, 15) is 0 Å². The van der Waals surface area contributed by atoms with E-state index in [1.54, 1.807) is 7.11 Å². The molecule has 27 heavy (non-hydrogen) atoms. The predicted octanol–water partition coefficient (Wildman–Crippen LogP) is 2.24. The predicted molar refractivity (Wildman–Crippen MR) is 112 cm³/mol. The summed E-state index contributed by atoms with van der Waals surface area (Å²) in [6.45, 7) is 2.28. The molecule has 0 amide bonds. The molecule has 4 heteroatoms. The molecule has 3 aromatic carbocycles. The zero-order chi connectivity index (χ0) is 18.7. The topological polar surface area (TPSA) is 27.7 Å². The van der Waals surface area contributed by atoms with Gasteiger partial charge in [-0.05, 0) is 0 Å². The molecule has 3 aromatic rings. The molecular weight excluding hydrogens is 403 g/mol. The molecule has 0 aliphatic heterocycles.